The summed E-state index contributed by atoms with van der Waals surface area (Å²) in [5.41, 5.74) is 0. The summed E-state index contributed by atoms with van der Waals surface area (Å²) in [6.45, 7) is 0.262. The van der Waals surface area contributed by atoms with Crippen LogP contribution in [-0.2, 0) is 14.4 Å². The number of nitrogens with one attached hydrogen (secondary N) is 1. The van der Waals surface area contributed by atoms with Crippen LogP contribution in [-0.4, -0.2) is 35.2 Å². The maximum atomic E-state index is 12.4. The molecule has 0 unspecified atom stereocenters. The highest BCUT2D eigenvalue weighted by molar-refractivity contribution is 6.05. The van der Waals surface area contributed by atoms with Gasteiger partial charge in [-0.15, -0.1) is 0 Å². The average Bonchev–Trinajstić information content (AvgIpc) is 3.46. The number of hydrogen-bond acceptors (Lipinski definition) is 3. The van der Waals surface area contributed by atoms with Crippen LogP contribution in [0, 0.1) is 23.7 Å². The number of nitrogens with zero attached hydrogens (tertiary/aromatic N) is 1. The lowest BCUT2D eigenvalue weighted by atomic mass is 9.81. The average molecular weight is 318 g/mol. The standard InChI is InChI=1S/C18H26N2O3/c21-15(19-16(11-5-6-11)12-7-8-12)9-10-20-17(22)13-3-1-2-4-14(13)18(20)23/h11-14,16H,1-10H2,(H,19,21)/t13-,14-/m1/s1. The molecule has 23 heavy (non-hydrogen) atoms. The molecular formula is C18H26N2O3. The number of fused-ring (bicyclic) bond motifs is 1. The molecule has 0 radical (unpaired) electrons. The molecule has 1 aliphatic heterocycles. The molecule has 3 amide bonds. The fourth-order valence-electron chi connectivity index (χ4n) is 4.45. The summed E-state index contributed by atoms with van der Waals surface area (Å²) in [6, 6.07) is 0.343. The van der Waals surface area contributed by atoms with Crippen molar-refractivity contribution in [1.82, 2.24) is 10.2 Å². The summed E-state index contributed by atoms with van der Waals surface area (Å²) in [5.74, 6) is 1.06. The lowest BCUT2D eigenvalue weighted by Gasteiger charge is -2.19. The molecule has 3 aliphatic carbocycles. The van der Waals surface area contributed by atoms with Gasteiger partial charge in [-0.05, 0) is 50.4 Å². The molecule has 4 rings (SSSR count). The molecule has 5 nitrogen and oxygen atoms in total. The minimum absolute atomic E-state index is 0.00396. The van der Waals surface area contributed by atoms with Gasteiger partial charge in [0.05, 0.1) is 11.8 Å². The van der Waals surface area contributed by atoms with Gasteiger partial charge in [0.15, 0.2) is 0 Å². The molecule has 4 fully saturated rings. The highest BCUT2D eigenvalue weighted by atomic mass is 16.2. The molecule has 3 saturated carbocycles. The molecule has 0 bridgehead atoms. The topological polar surface area (TPSA) is 66.5 Å². The quantitative estimate of drug-likeness (QED) is 0.760. The van der Waals surface area contributed by atoms with Gasteiger partial charge in [-0.25, -0.2) is 0 Å². The first-order valence-electron chi connectivity index (χ1n) is 9.29. The highest BCUT2D eigenvalue weighted by Gasteiger charge is 2.48. The molecule has 0 spiro atoms. The number of amides is 3. The van der Waals surface area contributed by atoms with Crippen molar-refractivity contribution in [2.45, 2.75) is 63.8 Å². The van der Waals surface area contributed by atoms with E-state index in [0.29, 0.717) is 17.9 Å². The van der Waals surface area contributed by atoms with E-state index in [2.05, 4.69) is 5.32 Å². The lowest BCUT2D eigenvalue weighted by Crippen LogP contribution is -2.41. The molecule has 1 heterocycles. The van der Waals surface area contributed by atoms with Gasteiger partial charge in [-0.2, -0.15) is 0 Å². The maximum Gasteiger partial charge on any atom is 0.233 e. The number of carbonyl (C=O) groups is 3. The van der Waals surface area contributed by atoms with E-state index in [1.54, 1.807) is 0 Å². The Morgan fingerprint density at radius 2 is 1.48 bits per heavy atom. The Balaban J connectivity index is 1.30. The Hall–Kier alpha value is -1.39. The molecular weight excluding hydrogens is 292 g/mol. The Labute approximate surface area is 137 Å². The Bertz CT molecular complexity index is 488. The minimum atomic E-state index is -0.106. The molecule has 5 heteroatoms. The lowest BCUT2D eigenvalue weighted by molar-refractivity contribution is -0.140. The molecule has 1 saturated heterocycles. The zero-order chi connectivity index (χ0) is 16.0. The Kier molecular flexibility index (Phi) is 3.90. The van der Waals surface area contributed by atoms with Crippen molar-refractivity contribution >= 4 is 17.7 Å². The van der Waals surface area contributed by atoms with E-state index >= 15 is 0 Å². The third-order valence-electron chi connectivity index (χ3n) is 6.08. The van der Waals surface area contributed by atoms with Crippen molar-refractivity contribution in [1.29, 1.82) is 0 Å². The third-order valence-corrected chi connectivity index (χ3v) is 6.08. The van der Waals surface area contributed by atoms with E-state index in [1.807, 2.05) is 0 Å². The largest absolute Gasteiger partial charge is 0.353 e. The fraction of sp³-hybridized carbons (Fsp3) is 0.833. The van der Waals surface area contributed by atoms with Crippen molar-refractivity contribution in [3.63, 3.8) is 0 Å². The van der Waals surface area contributed by atoms with Gasteiger partial charge in [0.25, 0.3) is 0 Å². The maximum absolute atomic E-state index is 12.4. The van der Waals surface area contributed by atoms with Crippen LogP contribution in [0.1, 0.15) is 57.8 Å². The summed E-state index contributed by atoms with van der Waals surface area (Å²) in [5, 5.41) is 3.17. The zero-order valence-electron chi connectivity index (χ0n) is 13.6. The zero-order valence-corrected chi connectivity index (χ0v) is 13.6. The number of carbonyl (C=O) groups excluding carboxylic acids is 3. The van der Waals surface area contributed by atoms with E-state index in [1.165, 1.54) is 30.6 Å². The van der Waals surface area contributed by atoms with Gasteiger partial charge in [-0.3, -0.25) is 19.3 Å². The summed E-state index contributed by atoms with van der Waals surface area (Å²) >= 11 is 0. The van der Waals surface area contributed by atoms with Crippen LogP contribution in [0.5, 0.6) is 0 Å². The van der Waals surface area contributed by atoms with Gasteiger partial charge in [-0.1, -0.05) is 12.8 Å². The van der Waals surface area contributed by atoms with Crippen LogP contribution in [0.3, 0.4) is 0 Å². The molecule has 1 N–H and O–H groups in total. The number of likely N-dealkylation sites (tertiary alicyclic amines) is 1. The van der Waals surface area contributed by atoms with Crippen molar-refractivity contribution in [3.8, 4) is 0 Å². The van der Waals surface area contributed by atoms with Crippen LogP contribution in [0.15, 0.2) is 0 Å². The van der Waals surface area contributed by atoms with Crippen molar-refractivity contribution in [2.24, 2.45) is 23.7 Å². The fourth-order valence-corrected chi connectivity index (χ4v) is 4.45. The third kappa shape index (κ3) is 3.02. The van der Waals surface area contributed by atoms with Crippen molar-refractivity contribution < 1.29 is 14.4 Å². The summed E-state index contributed by atoms with van der Waals surface area (Å²) in [4.78, 5) is 38.4. The second-order valence-electron chi connectivity index (χ2n) is 7.84. The van der Waals surface area contributed by atoms with Gasteiger partial charge in [0.1, 0.15) is 0 Å². The number of hydrogen-bond donors (Lipinski definition) is 1. The predicted molar refractivity (Wildman–Crippen MR) is 84.2 cm³/mol. The normalized spacial score (nSPS) is 30.7. The van der Waals surface area contributed by atoms with Crippen LogP contribution >= 0.6 is 0 Å². The summed E-state index contributed by atoms with van der Waals surface area (Å²) in [7, 11) is 0. The van der Waals surface area contributed by atoms with Gasteiger partial charge in [0.2, 0.25) is 17.7 Å². The summed E-state index contributed by atoms with van der Waals surface area (Å²) < 4.78 is 0. The van der Waals surface area contributed by atoms with Gasteiger partial charge >= 0.3 is 0 Å². The number of rotatable bonds is 6. The van der Waals surface area contributed by atoms with Gasteiger partial charge < -0.3 is 5.32 Å². The molecule has 0 aromatic rings. The first-order valence-corrected chi connectivity index (χ1v) is 9.29. The van der Waals surface area contributed by atoms with E-state index in [-0.39, 0.29) is 42.5 Å². The van der Waals surface area contributed by atoms with E-state index in [9.17, 15) is 14.4 Å². The monoisotopic (exact) mass is 318 g/mol. The smallest absolute Gasteiger partial charge is 0.233 e. The first-order chi connectivity index (χ1) is 11.1. The molecule has 2 atom stereocenters. The van der Waals surface area contributed by atoms with E-state index in [4.69, 9.17) is 0 Å². The van der Waals surface area contributed by atoms with Crippen LogP contribution in [0.2, 0.25) is 0 Å². The van der Waals surface area contributed by atoms with Crippen LogP contribution < -0.4 is 5.32 Å². The predicted octanol–water partition coefficient (Wildman–Crippen LogP) is 1.86. The van der Waals surface area contributed by atoms with Gasteiger partial charge in [0, 0.05) is 19.0 Å². The first kappa shape index (κ1) is 15.2. The van der Waals surface area contributed by atoms with Crippen LogP contribution in [0.4, 0.5) is 0 Å². The highest BCUT2D eigenvalue weighted by Crippen LogP contribution is 2.44. The SMILES string of the molecule is O=C(CCN1C(=O)[C@@H]2CCCC[C@H]2C1=O)NC(C1CC1)C1CC1. The summed E-state index contributed by atoms with van der Waals surface area (Å²) in [6.07, 6.45) is 8.93. The van der Waals surface area contributed by atoms with Crippen LogP contribution in [0.25, 0.3) is 0 Å². The Morgan fingerprint density at radius 1 is 0.957 bits per heavy atom. The van der Waals surface area contributed by atoms with E-state index in [0.717, 1.165) is 25.7 Å². The van der Waals surface area contributed by atoms with E-state index < -0.39 is 0 Å². The molecule has 0 aromatic carbocycles. The van der Waals surface area contributed by atoms with Crippen molar-refractivity contribution in [3.05, 3.63) is 0 Å². The van der Waals surface area contributed by atoms with Crippen molar-refractivity contribution in [2.75, 3.05) is 6.54 Å². The second kappa shape index (κ2) is 5.91. The minimum Gasteiger partial charge on any atom is -0.353 e. The molecule has 126 valence electrons. The number of imide groups is 1. The molecule has 4 aliphatic rings. The second-order valence-corrected chi connectivity index (χ2v) is 7.84. The Morgan fingerprint density at radius 3 is 1.96 bits per heavy atom. The molecule has 0 aromatic heterocycles.